The Morgan fingerprint density at radius 2 is 1.91 bits per heavy atom. The number of hydrogen-bond donors (Lipinski definition) is 2. The number of amides is 1. The highest BCUT2D eigenvalue weighted by atomic mass is 35.5. The van der Waals surface area contributed by atoms with E-state index in [-0.39, 0.29) is 6.04 Å². The van der Waals surface area contributed by atoms with Crippen molar-refractivity contribution in [2.45, 2.75) is 42.7 Å². The van der Waals surface area contributed by atoms with Gasteiger partial charge < -0.3 is 5.32 Å². The van der Waals surface area contributed by atoms with Gasteiger partial charge in [-0.05, 0) is 32.4 Å². The predicted molar refractivity (Wildman–Crippen MR) is 81.6 cm³/mol. The van der Waals surface area contributed by atoms with Crippen LogP contribution >= 0.6 is 23.4 Å². The van der Waals surface area contributed by atoms with Gasteiger partial charge in [0, 0.05) is 11.1 Å². The Morgan fingerprint density at radius 3 is 2.41 bits per heavy atom. The molecule has 1 fully saturated rings. The molecule has 22 heavy (non-hydrogen) atoms. The smallest absolute Gasteiger partial charge is 0.328 e. The van der Waals surface area contributed by atoms with Gasteiger partial charge in [-0.3, -0.25) is 10.1 Å². The van der Waals surface area contributed by atoms with Crippen molar-refractivity contribution in [2.24, 2.45) is 0 Å². The minimum atomic E-state index is -4.63. The Labute approximate surface area is 136 Å². The van der Waals surface area contributed by atoms with Crippen molar-refractivity contribution in [3.05, 3.63) is 34.9 Å². The van der Waals surface area contributed by atoms with E-state index in [4.69, 9.17) is 11.6 Å². The summed E-state index contributed by atoms with van der Waals surface area (Å²) in [4.78, 5) is 10.6. The summed E-state index contributed by atoms with van der Waals surface area (Å²) in [5.41, 5.74) is 0.751. The lowest BCUT2D eigenvalue weighted by molar-refractivity contribution is -0.166. The van der Waals surface area contributed by atoms with Crippen LogP contribution in [0.5, 0.6) is 0 Å². The summed E-state index contributed by atoms with van der Waals surface area (Å²) in [6.45, 7) is 4.18. The molecule has 1 amide bonds. The number of halogens is 4. The van der Waals surface area contributed by atoms with Gasteiger partial charge in [0.25, 0.3) is 0 Å². The van der Waals surface area contributed by atoms with Gasteiger partial charge in [0.1, 0.15) is 4.99 Å². The van der Waals surface area contributed by atoms with Gasteiger partial charge in [0.05, 0.1) is 0 Å². The summed E-state index contributed by atoms with van der Waals surface area (Å²) in [5.74, 6) is -1.05. The second kappa shape index (κ2) is 5.62. The number of carbonyl (C=O) groups is 1. The highest BCUT2D eigenvalue weighted by molar-refractivity contribution is 8.03. The molecule has 8 heteroatoms. The third-order valence-corrected chi connectivity index (χ3v) is 5.40. The molecule has 1 aromatic carbocycles. The number of rotatable bonds is 3. The van der Waals surface area contributed by atoms with Gasteiger partial charge in [-0.1, -0.05) is 41.6 Å². The van der Waals surface area contributed by atoms with E-state index in [1.807, 2.05) is 0 Å². The van der Waals surface area contributed by atoms with Crippen LogP contribution in [0.4, 0.5) is 13.2 Å². The molecule has 3 nitrogen and oxygen atoms in total. The van der Waals surface area contributed by atoms with Gasteiger partial charge in [0.15, 0.2) is 4.75 Å². The van der Waals surface area contributed by atoms with Crippen molar-refractivity contribution in [3.8, 4) is 0 Å². The maximum atomic E-state index is 13.1. The highest BCUT2D eigenvalue weighted by Gasteiger charge is 2.65. The summed E-state index contributed by atoms with van der Waals surface area (Å²) in [7, 11) is 0. The first-order valence-electron chi connectivity index (χ1n) is 6.60. The number of hydrogen-bond acceptors (Lipinski definition) is 3. The zero-order valence-electron chi connectivity index (χ0n) is 12.2. The number of nitrogens with one attached hydrogen (secondary N) is 2. The highest BCUT2D eigenvalue weighted by Crippen LogP contribution is 2.50. The maximum absolute atomic E-state index is 13.1. The zero-order valence-corrected chi connectivity index (χ0v) is 13.8. The second-order valence-electron chi connectivity index (χ2n) is 5.51. The molecule has 0 radical (unpaired) electrons. The molecule has 1 aliphatic rings. The van der Waals surface area contributed by atoms with Crippen LogP contribution in [0.2, 0.25) is 5.02 Å². The first-order chi connectivity index (χ1) is 9.98. The Kier molecular flexibility index (Phi) is 4.45. The first kappa shape index (κ1) is 17.4. The van der Waals surface area contributed by atoms with E-state index >= 15 is 0 Å². The molecule has 1 aliphatic heterocycles. The minimum Gasteiger partial charge on any atom is -0.328 e. The summed E-state index contributed by atoms with van der Waals surface area (Å²) in [6, 6.07) is 6.72. The lowest BCUT2D eigenvalue weighted by Gasteiger charge is -2.31. The molecule has 2 N–H and O–H groups in total. The molecule has 122 valence electrons. The number of benzene rings is 1. The van der Waals surface area contributed by atoms with E-state index in [1.54, 1.807) is 31.2 Å². The molecule has 3 atom stereocenters. The lowest BCUT2D eigenvalue weighted by Crippen LogP contribution is -2.51. The average molecular weight is 353 g/mol. The number of carbonyl (C=O) groups excluding carboxylic acids is 1. The van der Waals surface area contributed by atoms with Gasteiger partial charge in [0.2, 0.25) is 5.91 Å². The molecule has 0 spiro atoms. The van der Waals surface area contributed by atoms with E-state index in [9.17, 15) is 18.0 Å². The van der Waals surface area contributed by atoms with Gasteiger partial charge in [-0.15, -0.1) is 0 Å². The van der Waals surface area contributed by atoms with Crippen molar-refractivity contribution in [1.29, 1.82) is 0 Å². The Hall–Kier alpha value is -0.920. The van der Waals surface area contributed by atoms with Gasteiger partial charge in [-0.2, -0.15) is 13.2 Å². The summed E-state index contributed by atoms with van der Waals surface area (Å²) < 4.78 is 36.9. The summed E-state index contributed by atoms with van der Waals surface area (Å²) in [6.07, 6.45) is -4.63. The molecular formula is C14H16ClF3N2OS. The van der Waals surface area contributed by atoms with Gasteiger partial charge in [-0.25, -0.2) is 0 Å². The van der Waals surface area contributed by atoms with Crippen LogP contribution < -0.4 is 10.6 Å². The van der Waals surface area contributed by atoms with Crippen molar-refractivity contribution in [3.63, 3.8) is 0 Å². The Balaban J connectivity index is 2.20. The fourth-order valence-electron chi connectivity index (χ4n) is 2.39. The fraction of sp³-hybridized carbons (Fsp3) is 0.500. The van der Waals surface area contributed by atoms with E-state index in [2.05, 4.69) is 10.6 Å². The van der Waals surface area contributed by atoms with Crippen LogP contribution in [0, 0.1) is 0 Å². The SMILES string of the molecule is C[C@H](NC1(C)NC(=O)C(C)(C(F)(F)F)S1)c1ccccc1Cl. The molecule has 1 saturated heterocycles. The molecule has 0 aromatic heterocycles. The van der Waals surface area contributed by atoms with Crippen molar-refractivity contribution in [2.75, 3.05) is 0 Å². The van der Waals surface area contributed by atoms with Crippen molar-refractivity contribution < 1.29 is 18.0 Å². The van der Waals surface area contributed by atoms with Gasteiger partial charge >= 0.3 is 6.18 Å². The van der Waals surface area contributed by atoms with Crippen LogP contribution in [0.1, 0.15) is 32.4 Å². The Bertz CT molecular complexity index is 598. The zero-order chi connectivity index (χ0) is 16.8. The quantitative estimate of drug-likeness (QED) is 0.868. The first-order valence-corrected chi connectivity index (χ1v) is 7.79. The van der Waals surface area contributed by atoms with Crippen LogP contribution in [0.3, 0.4) is 0 Å². The Morgan fingerprint density at radius 1 is 1.32 bits per heavy atom. The molecule has 2 unspecified atom stereocenters. The molecule has 1 aromatic rings. The molecule has 0 saturated carbocycles. The molecule has 2 rings (SSSR count). The number of alkyl halides is 3. The third-order valence-electron chi connectivity index (χ3n) is 3.60. The van der Waals surface area contributed by atoms with Crippen LogP contribution in [0.25, 0.3) is 0 Å². The van der Waals surface area contributed by atoms with Crippen LogP contribution in [-0.2, 0) is 4.79 Å². The van der Waals surface area contributed by atoms with E-state index in [1.165, 1.54) is 6.92 Å². The molecule has 1 heterocycles. The standard InChI is InChI=1S/C14H16ClF3N2OS/c1-8(9-6-4-5-7-10(9)15)19-13(3)20-11(21)12(2,22-13)14(16,17)18/h4-8,19H,1-3H3,(H,20,21)/t8-,12?,13?/m0/s1. The summed E-state index contributed by atoms with van der Waals surface area (Å²) in [5, 5.41) is 5.93. The minimum absolute atomic E-state index is 0.331. The number of thioether (sulfide) groups is 1. The maximum Gasteiger partial charge on any atom is 0.411 e. The van der Waals surface area contributed by atoms with Crippen molar-refractivity contribution in [1.82, 2.24) is 10.6 Å². The normalized spacial score (nSPS) is 30.2. The average Bonchev–Trinajstić information content (AvgIpc) is 2.60. The summed E-state index contributed by atoms with van der Waals surface area (Å²) >= 11 is 6.61. The molecular weight excluding hydrogens is 337 g/mol. The van der Waals surface area contributed by atoms with Crippen LogP contribution in [-0.4, -0.2) is 21.8 Å². The van der Waals surface area contributed by atoms with Crippen molar-refractivity contribution >= 4 is 29.3 Å². The lowest BCUT2D eigenvalue weighted by atomic mass is 10.1. The van der Waals surface area contributed by atoms with E-state index in [0.717, 1.165) is 12.5 Å². The second-order valence-corrected chi connectivity index (χ2v) is 7.75. The largest absolute Gasteiger partial charge is 0.411 e. The monoisotopic (exact) mass is 352 g/mol. The topological polar surface area (TPSA) is 41.1 Å². The van der Waals surface area contributed by atoms with E-state index < -0.39 is 21.8 Å². The van der Waals surface area contributed by atoms with E-state index in [0.29, 0.717) is 16.8 Å². The molecule has 0 bridgehead atoms. The molecule has 0 aliphatic carbocycles. The fourth-order valence-corrected chi connectivity index (χ4v) is 4.14. The van der Waals surface area contributed by atoms with Crippen LogP contribution in [0.15, 0.2) is 24.3 Å². The predicted octanol–water partition coefficient (Wildman–Crippen LogP) is 3.85. The third kappa shape index (κ3) is 3.07.